The molecule has 0 atom stereocenters. The topological polar surface area (TPSA) is 56.7 Å². The number of pyridine rings is 3. The molecule has 0 amide bonds. The molecule has 0 spiro atoms. The van der Waals surface area contributed by atoms with Crippen LogP contribution in [0.15, 0.2) is 164 Å². The first-order valence-electron chi connectivity index (χ1n) is 17.5. The molecule has 0 bridgehead atoms. The van der Waals surface area contributed by atoms with Gasteiger partial charge in [0.2, 0.25) is 0 Å². The Hall–Kier alpha value is -6.62. The summed E-state index contributed by atoms with van der Waals surface area (Å²) in [5, 5.41) is 5.93. The van der Waals surface area contributed by atoms with E-state index in [1.807, 2.05) is 73.2 Å². The van der Waals surface area contributed by atoms with Crippen LogP contribution in [-0.4, -0.2) is 23.8 Å². The zero-order valence-electron chi connectivity index (χ0n) is 28.5. The predicted molar refractivity (Wildman–Crippen MR) is 212 cm³/mol. The van der Waals surface area contributed by atoms with Crippen LogP contribution < -0.4 is 4.74 Å². The second kappa shape index (κ2) is 12.8. The molecule has 0 saturated heterocycles. The largest absolute Gasteiger partial charge is 2.00 e. The van der Waals surface area contributed by atoms with Gasteiger partial charge in [0.05, 0.1) is 22.7 Å². The van der Waals surface area contributed by atoms with Gasteiger partial charge in [-0.1, -0.05) is 155 Å². The minimum atomic E-state index is 0. The number of fused-ring (bicyclic) bond motifs is 12. The SMILES string of the molecule is [Pt+2].[c-]1c(Oc2[c-]c3c(cc2)c2ccc(-c4ccccc4)nc2n2c(-c4ccccc4)cnc32)ccc2c1c1nccn1c1cc(-c3ccccc3)ccc21. The van der Waals surface area contributed by atoms with Gasteiger partial charge >= 0.3 is 21.1 Å². The summed E-state index contributed by atoms with van der Waals surface area (Å²) >= 11 is 0. The molecule has 6 aromatic carbocycles. The molecule has 0 N–H and O–H groups in total. The van der Waals surface area contributed by atoms with Crippen molar-refractivity contribution in [3.05, 3.63) is 176 Å². The Morgan fingerprint density at radius 2 is 1.11 bits per heavy atom. The van der Waals surface area contributed by atoms with E-state index in [4.69, 9.17) is 19.7 Å². The van der Waals surface area contributed by atoms with Crippen LogP contribution in [0.2, 0.25) is 0 Å². The van der Waals surface area contributed by atoms with Crippen molar-refractivity contribution >= 4 is 54.8 Å². The van der Waals surface area contributed by atoms with Crippen LogP contribution in [0.25, 0.3) is 88.4 Å². The van der Waals surface area contributed by atoms with E-state index >= 15 is 0 Å². The standard InChI is InChI=1S/C47H27N5O.Pt/c1-4-10-30(11-5-1)33-16-19-38-36-20-17-34(27-40(36)45-48-24-25-51(45)43(38)26-33)53-35-18-21-37-39-22-23-42(31-12-6-2-7-13-31)50-47(39)52-44(32-14-8-3-9-15-32)29-49-46(52)41(37)28-35;/h1-26,29H;/q-2;+2. The smallest absolute Gasteiger partial charge is 0.497 e. The van der Waals surface area contributed by atoms with Crippen LogP contribution >= 0.6 is 0 Å². The Morgan fingerprint density at radius 1 is 0.500 bits per heavy atom. The molecule has 0 radical (unpaired) electrons. The second-order valence-corrected chi connectivity index (χ2v) is 13.1. The van der Waals surface area contributed by atoms with E-state index in [0.29, 0.717) is 11.5 Å². The van der Waals surface area contributed by atoms with E-state index in [1.165, 1.54) is 5.56 Å². The van der Waals surface area contributed by atoms with Gasteiger partial charge in [0.1, 0.15) is 5.65 Å². The minimum Gasteiger partial charge on any atom is -0.497 e. The molecular weight excluding hydrogens is 846 g/mol. The van der Waals surface area contributed by atoms with E-state index in [0.717, 1.165) is 82.9 Å². The summed E-state index contributed by atoms with van der Waals surface area (Å²) in [6.45, 7) is 0. The minimum absolute atomic E-state index is 0. The number of imidazole rings is 2. The van der Waals surface area contributed by atoms with Gasteiger partial charge in [-0.3, -0.25) is 9.97 Å². The molecule has 0 aliphatic heterocycles. The first kappa shape index (κ1) is 32.1. The fourth-order valence-corrected chi connectivity index (χ4v) is 7.59. The fraction of sp³-hybridized carbons (Fsp3) is 0. The van der Waals surface area contributed by atoms with Crippen LogP contribution in [0.3, 0.4) is 0 Å². The summed E-state index contributed by atoms with van der Waals surface area (Å²) in [6, 6.07) is 57.1. The van der Waals surface area contributed by atoms with E-state index in [2.05, 4.69) is 112 Å². The predicted octanol–water partition coefficient (Wildman–Crippen LogP) is 11.4. The Balaban J connectivity index is 0.00000361. The molecule has 256 valence electrons. The van der Waals surface area contributed by atoms with Gasteiger partial charge in [0.15, 0.2) is 0 Å². The molecule has 0 aliphatic carbocycles. The van der Waals surface area contributed by atoms with E-state index < -0.39 is 0 Å². The molecule has 7 heteroatoms. The normalized spacial score (nSPS) is 11.6. The Morgan fingerprint density at radius 3 is 1.83 bits per heavy atom. The molecule has 6 nitrogen and oxygen atoms in total. The Kier molecular flexibility index (Phi) is 7.60. The zero-order valence-corrected chi connectivity index (χ0v) is 30.8. The van der Waals surface area contributed by atoms with Crippen LogP contribution in [0.5, 0.6) is 11.5 Å². The molecule has 0 fully saturated rings. The number of nitrogens with zero attached hydrogens (tertiary/aromatic N) is 5. The summed E-state index contributed by atoms with van der Waals surface area (Å²) in [5.41, 5.74) is 9.82. The molecule has 11 aromatic rings. The monoisotopic (exact) mass is 872 g/mol. The van der Waals surface area contributed by atoms with Crippen molar-refractivity contribution in [2.75, 3.05) is 0 Å². The van der Waals surface area contributed by atoms with Crippen LogP contribution in [0.4, 0.5) is 0 Å². The maximum atomic E-state index is 6.54. The maximum Gasteiger partial charge on any atom is 2.00 e. The van der Waals surface area contributed by atoms with E-state index in [9.17, 15) is 0 Å². The van der Waals surface area contributed by atoms with Crippen molar-refractivity contribution in [1.82, 2.24) is 23.8 Å². The van der Waals surface area contributed by atoms with Crippen molar-refractivity contribution < 1.29 is 25.8 Å². The molecular formula is C47H27N5OPt. The average Bonchev–Trinajstić information content (AvgIpc) is 3.91. The van der Waals surface area contributed by atoms with Gasteiger partial charge in [-0.25, -0.2) is 4.98 Å². The van der Waals surface area contributed by atoms with Crippen molar-refractivity contribution in [1.29, 1.82) is 0 Å². The van der Waals surface area contributed by atoms with Crippen LogP contribution in [0, 0.1) is 12.1 Å². The Labute approximate surface area is 324 Å². The van der Waals surface area contributed by atoms with Crippen LogP contribution in [-0.2, 0) is 21.1 Å². The maximum absolute atomic E-state index is 6.54. The summed E-state index contributed by atoms with van der Waals surface area (Å²) in [5.74, 6) is 1.15. The van der Waals surface area contributed by atoms with Gasteiger partial charge in [0, 0.05) is 41.2 Å². The summed E-state index contributed by atoms with van der Waals surface area (Å²) in [4.78, 5) is 14.9. The number of benzene rings is 6. The third kappa shape index (κ3) is 5.10. The first-order valence-corrected chi connectivity index (χ1v) is 17.5. The number of hydrogen-bond donors (Lipinski definition) is 0. The van der Waals surface area contributed by atoms with Crippen molar-refractivity contribution in [2.45, 2.75) is 0 Å². The van der Waals surface area contributed by atoms with E-state index in [-0.39, 0.29) is 21.1 Å². The molecule has 0 saturated carbocycles. The summed E-state index contributed by atoms with van der Waals surface area (Å²) in [6.07, 6.45) is 5.76. The average molecular weight is 873 g/mol. The molecule has 5 heterocycles. The molecule has 0 aliphatic rings. The summed E-state index contributed by atoms with van der Waals surface area (Å²) < 4.78 is 10.8. The van der Waals surface area contributed by atoms with Gasteiger partial charge in [-0.05, 0) is 39.6 Å². The molecule has 11 rings (SSSR count). The third-order valence-corrected chi connectivity index (χ3v) is 10.1. The number of hydrogen-bond acceptors (Lipinski definition) is 4. The van der Waals surface area contributed by atoms with Crippen molar-refractivity contribution in [3.8, 4) is 45.1 Å². The second-order valence-electron chi connectivity index (χ2n) is 13.1. The number of rotatable bonds is 5. The van der Waals surface area contributed by atoms with Crippen LogP contribution in [0.1, 0.15) is 0 Å². The fourth-order valence-electron chi connectivity index (χ4n) is 7.59. The van der Waals surface area contributed by atoms with Crippen molar-refractivity contribution in [2.24, 2.45) is 0 Å². The van der Waals surface area contributed by atoms with Gasteiger partial charge in [-0.2, -0.15) is 0 Å². The zero-order chi connectivity index (χ0) is 34.9. The van der Waals surface area contributed by atoms with Crippen molar-refractivity contribution in [3.63, 3.8) is 0 Å². The van der Waals surface area contributed by atoms with Gasteiger partial charge < -0.3 is 13.5 Å². The number of ether oxygens (including phenoxy) is 1. The third-order valence-electron chi connectivity index (χ3n) is 10.1. The van der Waals surface area contributed by atoms with Gasteiger partial charge in [-0.15, -0.1) is 12.1 Å². The molecule has 0 unspecified atom stereocenters. The molecule has 54 heavy (non-hydrogen) atoms. The quantitative estimate of drug-likeness (QED) is 0.128. The number of aromatic nitrogens is 5. The first-order chi connectivity index (χ1) is 26.3. The Bertz CT molecular complexity index is 3190. The van der Waals surface area contributed by atoms with E-state index in [1.54, 1.807) is 0 Å². The summed E-state index contributed by atoms with van der Waals surface area (Å²) in [7, 11) is 0. The van der Waals surface area contributed by atoms with Gasteiger partial charge in [0.25, 0.3) is 0 Å². The molecule has 5 aromatic heterocycles.